The van der Waals surface area contributed by atoms with Gasteiger partial charge >= 0.3 is 0 Å². The Morgan fingerprint density at radius 2 is 2.18 bits per heavy atom. The predicted molar refractivity (Wildman–Crippen MR) is 92.3 cm³/mol. The van der Waals surface area contributed by atoms with Crippen LogP contribution in [0.25, 0.3) is 11.1 Å². The molecule has 1 aliphatic rings. The molecular weight excluding hydrogens is 300 g/mol. The van der Waals surface area contributed by atoms with E-state index >= 15 is 0 Å². The summed E-state index contributed by atoms with van der Waals surface area (Å²) in [5.41, 5.74) is 2.68. The minimum absolute atomic E-state index is 0.370. The molecule has 1 aliphatic heterocycles. The van der Waals surface area contributed by atoms with Crippen molar-refractivity contribution in [1.29, 1.82) is 0 Å². The summed E-state index contributed by atoms with van der Waals surface area (Å²) in [6, 6.07) is 4.91. The van der Waals surface area contributed by atoms with Gasteiger partial charge in [0.1, 0.15) is 5.52 Å². The van der Waals surface area contributed by atoms with Crippen LogP contribution in [0.1, 0.15) is 20.8 Å². The Labute approximate surface area is 136 Å². The van der Waals surface area contributed by atoms with Gasteiger partial charge in [0.15, 0.2) is 5.58 Å². The van der Waals surface area contributed by atoms with Crippen LogP contribution in [-0.4, -0.2) is 43.7 Å². The first-order chi connectivity index (χ1) is 10.6. The number of rotatable bonds is 4. The van der Waals surface area contributed by atoms with Crippen molar-refractivity contribution in [2.24, 2.45) is 0 Å². The zero-order valence-electron chi connectivity index (χ0n) is 13.4. The normalized spacial score (nSPS) is 18.9. The van der Waals surface area contributed by atoms with Gasteiger partial charge in [0.25, 0.3) is 6.01 Å². The summed E-state index contributed by atoms with van der Waals surface area (Å²) in [6.45, 7) is 11.1. The Hall–Kier alpha value is -1.46. The summed E-state index contributed by atoms with van der Waals surface area (Å²) in [6.07, 6.45) is 0. The highest BCUT2D eigenvalue weighted by Gasteiger charge is 2.24. The fourth-order valence-corrected chi connectivity index (χ4v) is 3.22. The molecule has 0 aliphatic carbocycles. The van der Waals surface area contributed by atoms with Gasteiger partial charge in [0.05, 0.1) is 5.69 Å². The average molecular weight is 323 g/mol. The first kappa shape index (κ1) is 15.4. The second kappa shape index (κ2) is 6.34. The van der Waals surface area contributed by atoms with Crippen molar-refractivity contribution in [3.8, 4) is 0 Å². The number of fused-ring (bicyclic) bond motifs is 1. The molecule has 6 heteroatoms. The van der Waals surface area contributed by atoms with Crippen molar-refractivity contribution in [3.05, 3.63) is 17.2 Å². The Kier molecular flexibility index (Phi) is 4.45. The molecule has 0 spiro atoms. The third kappa shape index (κ3) is 2.75. The lowest BCUT2D eigenvalue weighted by Gasteiger charge is -2.32. The molecule has 22 heavy (non-hydrogen) atoms. The smallest absolute Gasteiger partial charge is 0.298 e. The molecule has 0 radical (unpaired) electrons. The molecule has 0 bridgehead atoms. The van der Waals surface area contributed by atoms with Gasteiger partial charge in [-0.1, -0.05) is 11.6 Å². The maximum atomic E-state index is 6.27. The van der Waals surface area contributed by atoms with E-state index in [0.29, 0.717) is 17.1 Å². The molecule has 0 saturated carbocycles. The largest absolute Gasteiger partial charge is 0.421 e. The number of piperazine rings is 1. The molecule has 2 aromatic rings. The molecule has 1 fully saturated rings. The van der Waals surface area contributed by atoms with Crippen LogP contribution in [0.5, 0.6) is 0 Å². The van der Waals surface area contributed by atoms with Crippen LogP contribution in [0.3, 0.4) is 0 Å². The van der Waals surface area contributed by atoms with Crippen LogP contribution >= 0.6 is 11.6 Å². The lowest BCUT2D eigenvalue weighted by atomic mass is 10.2. The molecule has 5 nitrogen and oxygen atoms in total. The zero-order valence-corrected chi connectivity index (χ0v) is 14.2. The third-order valence-electron chi connectivity index (χ3n) is 4.28. The second-order valence-electron chi connectivity index (χ2n) is 5.69. The summed E-state index contributed by atoms with van der Waals surface area (Å²) >= 11 is 6.27. The van der Waals surface area contributed by atoms with Gasteiger partial charge in [-0.25, -0.2) is 0 Å². The average Bonchev–Trinajstić information content (AvgIpc) is 2.92. The topological polar surface area (TPSA) is 44.5 Å². The Morgan fingerprint density at radius 3 is 2.86 bits per heavy atom. The fraction of sp³-hybridized carbons (Fsp3) is 0.562. The minimum Gasteiger partial charge on any atom is -0.421 e. The highest BCUT2D eigenvalue weighted by molar-refractivity contribution is 6.31. The standard InChI is InChI=1S/C16H23ClN4O/c1-4-20(5-2)14-9-12(17)8-13-15(14)22-16(19-13)21-7-6-18-10-11(21)3/h8-9,11,18H,4-7,10H2,1-3H3. The van der Waals surface area contributed by atoms with Crippen LogP contribution in [0, 0.1) is 0 Å². The Morgan fingerprint density at radius 1 is 1.41 bits per heavy atom. The zero-order chi connectivity index (χ0) is 15.7. The number of hydrogen-bond acceptors (Lipinski definition) is 5. The van der Waals surface area contributed by atoms with E-state index in [-0.39, 0.29) is 0 Å². The molecule has 2 heterocycles. The van der Waals surface area contributed by atoms with E-state index in [2.05, 4.69) is 40.9 Å². The van der Waals surface area contributed by atoms with Gasteiger partial charge in [-0.05, 0) is 32.9 Å². The molecule has 3 rings (SSSR count). The lowest BCUT2D eigenvalue weighted by molar-refractivity contribution is 0.456. The molecule has 1 saturated heterocycles. The first-order valence-corrected chi connectivity index (χ1v) is 8.34. The van der Waals surface area contributed by atoms with Crippen molar-refractivity contribution in [1.82, 2.24) is 10.3 Å². The summed E-state index contributed by atoms with van der Waals surface area (Å²) < 4.78 is 6.14. The predicted octanol–water partition coefficient (Wildman–Crippen LogP) is 3.13. The number of benzene rings is 1. The highest BCUT2D eigenvalue weighted by Crippen LogP contribution is 2.34. The van der Waals surface area contributed by atoms with Crippen molar-refractivity contribution >= 4 is 34.4 Å². The van der Waals surface area contributed by atoms with Gasteiger partial charge in [-0.3, -0.25) is 0 Å². The summed E-state index contributed by atoms with van der Waals surface area (Å²) in [5, 5.41) is 4.08. The van der Waals surface area contributed by atoms with Crippen LogP contribution in [0.2, 0.25) is 5.02 Å². The summed E-state index contributed by atoms with van der Waals surface area (Å²) in [5.74, 6) is 0. The second-order valence-corrected chi connectivity index (χ2v) is 6.12. The molecule has 1 aromatic carbocycles. The van der Waals surface area contributed by atoms with E-state index in [1.807, 2.05) is 12.1 Å². The van der Waals surface area contributed by atoms with E-state index in [0.717, 1.165) is 49.5 Å². The SMILES string of the molecule is CCN(CC)c1cc(Cl)cc2nc(N3CCNCC3C)oc12. The van der Waals surface area contributed by atoms with Crippen LogP contribution in [0.15, 0.2) is 16.5 Å². The van der Waals surface area contributed by atoms with E-state index in [9.17, 15) is 0 Å². The van der Waals surface area contributed by atoms with E-state index in [4.69, 9.17) is 16.0 Å². The van der Waals surface area contributed by atoms with E-state index in [1.165, 1.54) is 0 Å². The Bertz CT molecular complexity index is 653. The van der Waals surface area contributed by atoms with Crippen molar-refractivity contribution in [3.63, 3.8) is 0 Å². The fourth-order valence-electron chi connectivity index (χ4n) is 3.02. The Balaban J connectivity index is 2.06. The van der Waals surface area contributed by atoms with Crippen LogP contribution in [-0.2, 0) is 0 Å². The van der Waals surface area contributed by atoms with Crippen LogP contribution < -0.4 is 15.1 Å². The molecule has 1 aromatic heterocycles. The lowest BCUT2D eigenvalue weighted by Crippen LogP contribution is -2.50. The van der Waals surface area contributed by atoms with Crippen molar-refractivity contribution < 1.29 is 4.42 Å². The number of anilines is 2. The maximum Gasteiger partial charge on any atom is 0.298 e. The van der Waals surface area contributed by atoms with Crippen molar-refractivity contribution in [2.75, 3.05) is 42.5 Å². The number of halogens is 1. The third-order valence-corrected chi connectivity index (χ3v) is 4.49. The number of oxazole rings is 1. The van der Waals surface area contributed by atoms with E-state index < -0.39 is 0 Å². The maximum absolute atomic E-state index is 6.27. The highest BCUT2D eigenvalue weighted by atomic mass is 35.5. The van der Waals surface area contributed by atoms with Crippen LogP contribution in [0.4, 0.5) is 11.7 Å². The number of nitrogens with one attached hydrogen (secondary N) is 1. The first-order valence-electron chi connectivity index (χ1n) is 7.96. The minimum atomic E-state index is 0.370. The quantitative estimate of drug-likeness (QED) is 0.937. The van der Waals surface area contributed by atoms with Gasteiger partial charge < -0.3 is 19.5 Å². The van der Waals surface area contributed by atoms with E-state index in [1.54, 1.807) is 0 Å². The van der Waals surface area contributed by atoms with Gasteiger partial charge in [-0.15, -0.1) is 0 Å². The molecule has 1 unspecified atom stereocenters. The monoisotopic (exact) mass is 322 g/mol. The number of hydrogen-bond donors (Lipinski definition) is 1. The van der Waals surface area contributed by atoms with Gasteiger partial charge in [-0.2, -0.15) is 4.98 Å². The molecule has 1 atom stereocenters. The molecule has 1 N–H and O–H groups in total. The van der Waals surface area contributed by atoms with Crippen molar-refractivity contribution in [2.45, 2.75) is 26.8 Å². The van der Waals surface area contributed by atoms with Gasteiger partial charge in [0, 0.05) is 43.8 Å². The number of aromatic nitrogens is 1. The molecular formula is C16H23ClN4O. The van der Waals surface area contributed by atoms with Gasteiger partial charge in [0.2, 0.25) is 0 Å². The summed E-state index contributed by atoms with van der Waals surface area (Å²) in [4.78, 5) is 9.14. The molecule has 0 amide bonds. The summed E-state index contributed by atoms with van der Waals surface area (Å²) in [7, 11) is 0. The number of nitrogens with zero attached hydrogens (tertiary/aromatic N) is 3. The molecule has 120 valence electrons.